The second-order valence-corrected chi connectivity index (χ2v) is 11.1. The van der Waals surface area contributed by atoms with Crippen LogP contribution in [0.25, 0.3) is 10.4 Å². The van der Waals surface area contributed by atoms with E-state index < -0.39 is 54.2 Å². The van der Waals surface area contributed by atoms with Gasteiger partial charge in [-0.2, -0.15) is 4.39 Å². The van der Waals surface area contributed by atoms with Crippen molar-refractivity contribution in [3.8, 4) is 10.4 Å². The number of esters is 3. The molecule has 0 N–H and O–H groups in total. The van der Waals surface area contributed by atoms with Crippen LogP contribution < -0.4 is 0 Å². The third-order valence-electron chi connectivity index (χ3n) is 6.54. The maximum atomic E-state index is 13.2. The molecule has 8 nitrogen and oxygen atoms in total. The monoisotopic (exact) mass is 589 g/mol. The highest BCUT2D eigenvalue weighted by Gasteiger charge is 2.48. The zero-order chi connectivity index (χ0) is 29.0. The van der Waals surface area contributed by atoms with Crippen molar-refractivity contribution in [2.24, 2.45) is 5.92 Å². The predicted molar refractivity (Wildman–Crippen MR) is 146 cm³/mol. The van der Waals surface area contributed by atoms with Gasteiger partial charge in [-0.25, -0.2) is 4.98 Å². The predicted octanol–water partition coefficient (Wildman–Crippen LogP) is 5.70. The summed E-state index contributed by atoms with van der Waals surface area (Å²) >= 11 is 8.12. The molecule has 3 heterocycles. The Morgan fingerprint density at radius 3 is 2.38 bits per heavy atom. The molecule has 0 aliphatic carbocycles. The minimum atomic E-state index is -0.946. The lowest BCUT2D eigenvalue weighted by Crippen LogP contribution is -2.54. The van der Waals surface area contributed by atoms with Crippen molar-refractivity contribution >= 4 is 40.8 Å². The van der Waals surface area contributed by atoms with Crippen LogP contribution >= 0.6 is 22.9 Å². The number of halogens is 2. The fourth-order valence-corrected chi connectivity index (χ4v) is 5.87. The molecule has 1 aliphatic rings. The minimum Gasteiger partial charge on any atom is -0.463 e. The first-order valence-corrected chi connectivity index (χ1v) is 13.8. The second-order valence-electron chi connectivity index (χ2n) is 9.57. The molecule has 1 aromatic carbocycles. The van der Waals surface area contributed by atoms with Gasteiger partial charge >= 0.3 is 17.9 Å². The van der Waals surface area contributed by atoms with Crippen molar-refractivity contribution in [2.75, 3.05) is 6.61 Å². The lowest BCUT2D eigenvalue weighted by molar-refractivity contribution is -0.232. The topological polar surface area (TPSA) is 101 Å². The number of hydrogen-bond donors (Lipinski definition) is 0. The summed E-state index contributed by atoms with van der Waals surface area (Å²) in [7, 11) is 0. The van der Waals surface area contributed by atoms with Crippen molar-refractivity contribution in [1.82, 2.24) is 4.98 Å². The maximum Gasteiger partial charge on any atom is 0.303 e. The van der Waals surface area contributed by atoms with Crippen LogP contribution in [0.4, 0.5) is 4.39 Å². The second kappa shape index (κ2) is 12.9. The fourth-order valence-electron chi connectivity index (χ4n) is 4.66. The van der Waals surface area contributed by atoms with Crippen molar-refractivity contribution in [1.29, 1.82) is 0 Å². The van der Waals surface area contributed by atoms with Crippen molar-refractivity contribution < 1.29 is 37.7 Å². The summed E-state index contributed by atoms with van der Waals surface area (Å²) in [5, 5.41) is 0.531. The summed E-state index contributed by atoms with van der Waals surface area (Å²) in [5.74, 6) is -2.55. The van der Waals surface area contributed by atoms with Gasteiger partial charge in [0.2, 0.25) is 5.95 Å². The fraction of sp³-hybridized carbons (Fsp3) is 0.379. The van der Waals surface area contributed by atoms with E-state index in [1.54, 1.807) is 25.1 Å². The van der Waals surface area contributed by atoms with Crippen LogP contribution in [0.15, 0.2) is 48.7 Å². The lowest BCUT2D eigenvalue weighted by atomic mass is 9.85. The molecular formula is C29H29ClFNO7S. The molecule has 0 spiro atoms. The molecule has 1 saturated heterocycles. The number of rotatable bonds is 8. The van der Waals surface area contributed by atoms with Gasteiger partial charge in [-0.1, -0.05) is 30.7 Å². The molecule has 4 unspecified atom stereocenters. The largest absolute Gasteiger partial charge is 0.463 e. The van der Waals surface area contributed by atoms with E-state index in [0.717, 1.165) is 20.9 Å². The van der Waals surface area contributed by atoms with Gasteiger partial charge in [-0.15, -0.1) is 11.3 Å². The van der Waals surface area contributed by atoms with Gasteiger partial charge in [0.05, 0.1) is 6.10 Å². The highest BCUT2D eigenvalue weighted by atomic mass is 35.5. The van der Waals surface area contributed by atoms with E-state index in [4.69, 9.17) is 30.5 Å². The lowest BCUT2D eigenvalue weighted by Gasteiger charge is -2.44. The van der Waals surface area contributed by atoms with Crippen LogP contribution in [-0.4, -0.2) is 47.8 Å². The van der Waals surface area contributed by atoms with Gasteiger partial charge in [0.1, 0.15) is 18.8 Å². The van der Waals surface area contributed by atoms with Gasteiger partial charge < -0.3 is 18.9 Å². The summed E-state index contributed by atoms with van der Waals surface area (Å²) in [6.07, 6.45) is -1.26. The highest BCUT2D eigenvalue weighted by molar-refractivity contribution is 7.15. The molecule has 0 bridgehead atoms. The molecule has 2 aromatic heterocycles. The number of ether oxygens (including phenoxy) is 4. The summed E-state index contributed by atoms with van der Waals surface area (Å²) < 4.78 is 36.1. The smallest absolute Gasteiger partial charge is 0.303 e. The Bertz CT molecular complexity index is 1380. The first-order valence-electron chi connectivity index (χ1n) is 12.6. The van der Waals surface area contributed by atoms with Gasteiger partial charge in [0, 0.05) is 59.6 Å². The number of carbonyl (C=O) groups is 3. The van der Waals surface area contributed by atoms with Crippen LogP contribution in [0.3, 0.4) is 0 Å². The molecule has 1 fully saturated rings. The van der Waals surface area contributed by atoms with Crippen molar-refractivity contribution in [2.45, 2.75) is 58.5 Å². The third-order valence-corrected chi connectivity index (χ3v) is 8.04. The highest BCUT2D eigenvalue weighted by Crippen LogP contribution is 2.40. The van der Waals surface area contributed by atoms with Crippen LogP contribution in [0.1, 0.15) is 49.8 Å². The molecule has 212 valence electrons. The van der Waals surface area contributed by atoms with Gasteiger partial charge in [-0.3, -0.25) is 14.4 Å². The molecule has 1 aliphatic heterocycles. The zero-order valence-corrected chi connectivity index (χ0v) is 24.0. The van der Waals surface area contributed by atoms with E-state index in [-0.39, 0.29) is 6.61 Å². The Morgan fingerprint density at radius 2 is 1.73 bits per heavy atom. The van der Waals surface area contributed by atoms with E-state index in [1.165, 1.54) is 44.4 Å². The summed E-state index contributed by atoms with van der Waals surface area (Å²) in [4.78, 5) is 41.3. The van der Waals surface area contributed by atoms with Crippen molar-refractivity contribution in [3.63, 3.8) is 0 Å². The number of nitrogens with zero attached hydrogens (tertiary/aromatic N) is 1. The van der Waals surface area contributed by atoms with E-state index >= 15 is 0 Å². The van der Waals surface area contributed by atoms with Crippen LogP contribution in [0, 0.1) is 11.9 Å². The Kier molecular flexibility index (Phi) is 9.55. The zero-order valence-electron chi connectivity index (χ0n) is 22.4. The molecule has 3 aromatic rings. The Labute approximate surface area is 240 Å². The maximum absolute atomic E-state index is 13.2. The number of aromatic nitrogens is 1. The average molecular weight is 590 g/mol. The number of hydrogen-bond acceptors (Lipinski definition) is 9. The van der Waals surface area contributed by atoms with Crippen molar-refractivity contribution in [3.05, 3.63) is 75.6 Å². The Hall–Kier alpha value is -3.34. The standard InChI is InChI=1S/C29H29ClFNO7S/c1-15-24(14-36-16(2)33)39-28(29(38-18(4)35)27(15)37-17(3)34)19-5-8-23(30)21(11-19)12-22-7-9-25(40-22)20-6-10-26(31)32-13-20/h5-11,13,15,24,27-29H,12,14H2,1-4H3/t15?,24?,27?,28?,29-/m1/s1. The molecular weight excluding hydrogens is 561 g/mol. The number of thiophene rings is 1. The number of pyridine rings is 1. The quantitative estimate of drug-likeness (QED) is 0.187. The Morgan fingerprint density at radius 1 is 1.00 bits per heavy atom. The SMILES string of the molecule is CC(=O)OCC1OC(c2ccc(Cl)c(Cc3ccc(-c4ccc(F)nc4)s3)c2)[C@H](OC(C)=O)C(OC(C)=O)C1C. The van der Waals surface area contributed by atoms with Crippen LogP contribution in [0.5, 0.6) is 0 Å². The Balaban J connectivity index is 1.65. The first-order chi connectivity index (χ1) is 19.0. The molecule has 5 atom stereocenters. The molecule has 0 amide bonds. The first kappa shape index (κ1) is 29.6. The number of carbonyl (C=O) groups excluding carboxylic acids is 3. The molecule has 40 heavy (non-hydrogen) atoms. The van der Waals surface area contributed by atoms with Gasteiger partial charge in [0.15, 0.2) is 6.10 Å². The van der Waals surface area contributed by atoms with E-state index in [9.17, 15) is 18.8 Å². The summed E-state index contributed by atoms with van der Waals surface area (Å²) in [5.41, 5.74) is 2.26. The molecule has 0 radical (unpaired) electrons. The number of benzene rings is 1. The van der Waals surface area contributed by atoms with Crippen LogP contribution in [-0.2, 0) is 39.8 Å². The molecule has 4 rings (SSSR count). The van der Waals surface area contributed by atoms with E-state index in [2.05, 4.69) is 4.98 Å². The van der Waals surface area contributed by atoms with E-state index in [1.807, 2.05) is 18.2 Å². The normalized spacial score (nSPS) is 22.4. The van der Waals surface area contributed by atoms with Gasteiger partial charge in [-0.05, 0) is 41.5 Å². The molecule has 0 saturated carbocycles. The summed E-state index contributed by atoms with van der Waals surface area (Å²) in [6.45, 7) is 5.57. The summed E-state index contributed by atoms with van der Waals surface area (Å²) in [6, 6.07) is 12.3. The molecule has 11 heteroatoms. The third kappa shape index (κ3) is 7.24. The van der Waals surface area contributed by atoms with Crippen LogP contribution in [0.2, 0.25) is 5.02 Å². The minimum absolute atomic E-state index is 0.0613. The average Bonchev–Trinajstić information content (AvgIpc) is 3.35. The van der Waals surface area contributed by atoms with Gasteiger partial charge in [0.25, 0.3) is 0 Å². The van der Waals surface area contributed by atoms with E-state index in [0.29, 0.717) is 17.0 Å².